The van der Waals surface area contributed by atoms with Gasteiger partial charge in [-0.05, 0) is 20.8 Å². The SMILES string of the molecule is CC1CN(c2nc(C(=O)CCl)cs2)CC(C)(C)O1. The maximum absolute atomic E-state index is 11.5. The third-order valence-electron chi connectivity index (χ3n) is 2.74. The molecule has 1 aliphatic rings. The van der Waals surface area contributed by atoms with Crippen LogP contribution >= 0.6 is 22.9 Å². The molecule has 1 fully saturated rings. The molecule has 0 saturated carbocycles. The van der Waals surface area contributed by atoms with Crippen molar-refractivity contribution in [3.8, 4) is 0 Å². The van der Waals surface area contributed by atoms with E-state index in [0.717, 1.165) is 18.2 Å². The molecule has 0 amide bonds. The van der Waals surface area contributed by atoms with Crippen molar-refractivity contribution in [3.05, 3.63) is 11.1 Å². The summed E-state index contributed by atoms with van der Waals surface area (Å²) in [7, 11) is 0. The summed E-state index contributed by atoms with van der Waals surface area (Å²) in [5.74, 6) is -0.145. The van der Waals surface area contributed by atoms with E-state index >= 15 is 0 Å². The van der Waals surface area contributed by atoms with Crippen LogP contribution in [-0.2, 0) is 4.74 Å². The highest BCUT2D eigenvalue weighted by atomic mass is 35.5. The van der Waals surface area contributed by atoms with Gasteiger partial charge in [0.25, 0.3) is 0 Å². The van der Waals surface area contributed by atoms with Crippen LogP contribution in [-0.4, -0.2) is 41.4 Å². The third-order valence-corrected chi connectivity index (χ3v) is 3.88. The molecule has 100 valence electrons. The molecule has 1 aliphatic heterocycles. The van der Waals surface area contributed by atoms with Crippen molar-refractivity contribution in [1.29, 1.82) is 0 Å². The monoisotopic (exact) mass is 288 g/mol. The van der Waals surface area contributed by atoms with Gasteiger partial charge in [0, 0.05) is 18.5 Å². The van der Waals surface area contributed by atoms with Gasteiger partial charge in [0.2, 0.25) is 0 Å². The molecule has 0 aromatic carbocycles. The Morgan fingerprint density at radius 3 is 3.06 bits per heavy atom. The van der Waals surface area contributed by atoms with E-state index in [1.807, 2.05) is 6.92 Å². The minimum absolute atomic E-state index is 0.0197. The molecule has 4 nitrogen and oxygen atoms in total. The Morgan fingerprint density at radius 1 is 1.72 bits per heavy atom. The number of halogens is 1. The van der Waals surface area contributed by atoms with Crippen molar-refractivity contribution in [2.24, 2.45) is 0 Å². The van der Waals surface area contributed by atoms with E-state index in [2.05, 4.69) is 23.7 Å². The molecule has 0 radical (unpaired) electrons. The lowest BCUT2D eigenvalue weighted by Crippen LogP contribution is -2.52. The first kappa shape index (κ1) is 13.8. The predicted molar refractivity (Wildman–Crippen MR) is 74.0 cm³/mol. The molecule has 1 aromatic heterocycles. The van der Waals surface area contributed by atoms with Gasteiger partial charge >= 0.3 is 0 Å². The number of hydrogen-bond acceptors (Lipinski definition) is 5. The van der Waals surface area contributed by atoms with E-state index in [-0.39, 0.29) is 23.4 Å². The lowest BCUT2D eigenvalue weighted by atomic mass is 10.1. The average molecular weight is 289 g/mol. The smallest absolute Gasteiger partial charge is 0.196 e. The summed E-state index contributed by atoms with van der Waals surface area (Å²) in [6.07, 6.45) is 0.157. The number of alkyl halides is 1. The van der Waals surface area contributed by atoms with Crippen molar-refractivity contribution in [2.45, 2.75) is 32.5 Å². The standard InChI is InChI=1S/C12H17ClN2O2S/c1-8-5-15(7-12(2,3)17-8)11-14-9(6-18-11)10(16)4-13/h6,8H,4-5,7H2,1-3H3. The van der Waals surface area contributed by atoms with Crippen molar-refractivity contribution < 1.29 is 9.53 Å². The molecule has 1 aromatic rings. The number of thiazole rings is 1. The fourth-order valence-corrected chi connectivity index (χ4v) is 3.18. The van der Waals surface area contributed by atoms with Gasteiger partial charge in [0.1, 0.15) is 5.69 Å². The van der Waals surface area contributed by atoms with Gasteiger partial charge in [-0.3, -0.25) is 4.79 Å². The molecule has 0 aliphatic carbocycles. The normalized spacial score (nSPS) is 23.1. The summed E-state index contributed by atoms with van der Waals surface area (Å²) >= 11 is 7.01. The zero-order valence-electron chi connectivity index (χ0n) is 10.8. The largest absolute Gasteiger partial charge is 0.369 e. The van der Waals surface area contributed by atoms with E-state index in [0.29, 0.717) is 5.69 Å². The predicted octanol–water partition coefficient (Wildman–Crippen LogP) is 2.57. The third kappa shape index (κ3) is 3.02. The zero-order valence-corrected chi connectivity index (χ0v) is 12.3. The Kier molecular flexibility index (Phi) is 3.94. The molecule has 2 heterocycles. The lowest BCUT2D eigenvalue weighted by molar-refractivity contribution is -0.0749. The van der Waals surface area contributed by atoms with Gasteiger partial charge in [0.15, 0.2) is 10.9 Å². The van der Waals surface area contributed by atoms with Gasteiger partial charge in [-0.15, -0.1) is 22.9 Å². The van der Waals surface area contributed by atoms with Gasteiger partial charge in [-0.1, -0.05) is 0 Å². The first-order valence-corrected chi connectivity index (χ1v) is 7.30. The molecule has 0 bridgehead atoms. The van der Waals surface area contributed by atoms with Crippen LogP contribution in [0.4, 0.5) is 5.13 Å². The highest BCUT2D eigenvalue weighted by Gasteiger charge is 2.32. The molecular formula is C12H17ClN2O2S. The quantitative estimate of drug-likeness (QED) is 0.633. The van der Waals surface area contributed by atoms with E-state index in [4.69, 9.17) is 16.3 Å². The Labute approximate surface area is 116 Å². The molecule has 6 heteroatoms. The van der Waals surface area contributed by atoms with Crippen LogP contribution < -0.4 is 4.90 Å². The molecule has 1 atom stereocenters. The maximum Gasteiger partial charge on any atom is 0.196 e. The van der Waals surface area contributed by atoms with Gasteiger partial charge in [-0.2, -0.15) is 0 Å². The number of Topliss-reactive ketones (excluding diaryl/α,β-unsaturated/α-hetero) is 1. The first-order chi connectivity index (χ1) is 8.41. The molecule has 2 rings (SSSR count). The highest BCUT2D eigenvalue weighted by molar-refractivity contribution is 7.14. The van der Waals surface area contributed by atoms with Crippen molar-refractivity contribution in [3.63, 3.8) is 0 Å². The summed E-state index contributed by atoms with van der Waals surface area (Å²) < 4.78 is 5.85. The second kappa shape index (κ2) is 5.15. The number of anilines is 1. The van der Waals surface area contributed by atoms with E-state index in [1.54, 1.807) is 5.38 Å². The number of ether oxygens (including phenoxy) is 1. The number of rotatable bonds is 3. The number of nitrogens with zero attached hydrogens (tertiary/aromatic N) is 2. The molecule has 1 unspecified atom stereocenters. The van der Waals surface area contributed by atoms with E-state index < -0.39 is 0 Å². The van der Waals surface area contributed by atoms with Gasteiger partial charge in [-0.25, -0.2) is 4.98 Å². The Hall–Kier alpha value is -0.650. The van der Waals surface area contributed by atoms with Crippen LogP contribution in [0.2, 0.25) is 0 Å². The van der Waals surface area contributed by atoms with Crippen molar-refractivity contribution in [1.82, 2.24) is 4.98 Å². The van der Waals surface area contributed by atoms with Crippen LogP contribution in [0.5, 0.6) is 0 Å². The van der Waals surface area contributed by atoms with E-state index in [1.165, 1.54) is 11.3 Å². The topological polar surface area (TPSA) is 42.4 Å². The molecule has 0 N–H and O–H groups in total. The summed E-state index contributed by atoms with van der Waals surface area (Å²) in [5, 5.41) is 2.64. The summed E-state index contributed by atoms with van der Waals surface area (Å²) in [6.45, 7) is 7.75. The Bertz CT molecular complexity index is 447. The molecule has 1 saturated heterocycles. The lowest BCUT2D eigenvalue weighted by Gasteiger charge is -2.41. The summed E-state index contributed by atoms with van der Waals surface area (Å²) in [6, 6.07) is 0. The number of carbonyl (C=O) groups excluding carboxylic acids is 1. The number of aromatic nitrogens is 1. The van der Waals surface area contributed by atoms with Crippen molar-refractivity contribution >= 4 is 33.9 Å². The summed E-state index contributed by atoms with van der Waals surface area (Å²) in [5.41, 5.74) is 0.266. The fraction of sp³-hybridized carbons (Fsp3) is 0.667. The number of ketones is 1. The van der Waals surface area contributed by atoms with Crippen LogP contribution in [0.25, 0.3) is 0 Å². The van der Waals surface area contributed by atoms with Crippen LogP contribution in [0.1, 0.15) is 31.3 Å². The molecule has 0 spiro atoms. The Balaban J connectivity index is 2.16. The van der Waals surface area contributed by atoms with Crippen LogP contribution in [0.3, 0.4) is 0 Å². The summed E-state index contributed by atoms with van der Waals surface area (Å²) in [4.78, 5) is 18.0. The van der Waals surface area contributed by atoms with Gasteiger partial charge in [0.05, 0.1) is 17.6 Å². The minimum atomic E-state index is -0.194. The van der Waals surface area contributed by atoms with Gasteiger partial charge < -0.3 is 9.64 Å². The number of carbonyl (C=O) groups is 1. The fourth-order valence-electron chi connectivity index (χ4n) is 2.21. The number of morpholine rings is 1. The minimum Gasteiger partial charge on any atom is -0.369 e. The number of hydrogen-bond donors (Lipinski definition) is 0. The first-order valence-electron chi connectivity index (χ1n) is 5.89. The average Bonchev–Trinajstić information content (AvgIpc) is 2.74. The zero-order chi connectivity index (χ0) is 13.3. The maximum atomic E-state index is 11.5. The second-order valence-corrected chi connectivity index (χ2v) is 6.24. The van der Waals surface area contributed by atoms with Crippen molar-refractivity contribution in [2.75, 3.05) is 23.9 Å². The Morgan fingerprint density at radius 2 is 2.44 bits per heavy atom. The van der Waals surface area contributed by atoms with Crippen LogP contribution in [0, 0.1) is 0 Å². The van der Waals surface area contributed by atoms with E-state index in [9.17, 15) is 4.79 Å². The van der Waals surface area contributed by atoms with Crippen LogP contribution in [0.15, 0.2) is 5.38 Å². The highest BCUT2D eigenvalue weighted by Crippen LogP contribution is 2.28. The second-order valence-electron chi connectivity index (χ2n) is 5.14. The molecular weight excluding hydrogens is 272 g/mol. The molecule has 18 heavy (non-hydrogen) atoms.